The van der Waals surface area contributed by atoms with Gasteiger partial charge >= 0.3 is 12.0 Å². The summed E-state index contributed by atoms with van der Waals surface area (Å²) in [6.07, 6.45) is 5.23. The van der Waals surface area contributed by atoms with Crippen molar-refractivity contribution in [2.24, 2.45) is 0 Å². The van der Waals surface area contributed by atoms with E-state index in [1.165, 1.54) is 6.42 Å². The van der Waals surface area contributed by atoms with Crippen LogP contribution in [0.1, 0.15) is 56.3 Å². The summed E-state index contributed by atoms with van der Waals surface area (Å²) < 4.78 is 10.4. The molecule has 0 spiro atoms. The van der Waals surface area contributed by atoms with Crippen molar-refractivity contribution in [2.75, 3.05) is 6.61 Å². The largest absolute Gasteiger partial charge is 0.491 e. The molecular formula is C19H26N2O5. The van der Waals surface area contributed by atoms with Gasteiger partial charge in [-0.1, -0.05) is 19.3 Å². The number of esters is 1. The van der Waals surface area contributed by atoms with E-state index in [1.807, 2.05) is 13.8 Å². The topological polar surface area (TPSA) is 93.7 Å². The minimum atomic E-state index is -0.661. The molecule has 0 unspecified atom stereocenters. The predicted octanol–water partition coefficient (Wildman–Crippen LogP) is 2.79. The summed E-state index contributed by atoms with van der Waals surface area (Å²) in [7, 11) is 0. The summed E-state index contributed by atoms with van der Waals surface area (Å²) in [6, 6.07) is 6.00. The van der Waals surface area contributed by atoms with E-state index in [4.69, 9.17) is 9.47 Å². The van der Waals surface area contributed by atoms with E-state index in [0.29, 0.717) is 11.3 Å². The summed E-state index contributed by atoms with van der Waals surface area (Å²) in [4.78, 5) is 35.4. The zero-order chi connectivity index (χ0) is 18.9. The summed E-state index contributed by atoms with van der Waals surface area (Å²) in [6.45, 7) is 3.30. The number of carbonyl (C=O) groups is 3. The van der Waals surface area contributed by atoms with Gasteiger partial charge in [0.1, 0.15) is 5.75 Å². The quantitative estimate of drug-likeness (QED) is 0.759. The molecule has 1 aromatic rings. The Labute approximate surface area is 153 Å². The SMILES string of the molecule is CC(C)Oc1ccc(C(=O)OCC(=O)NC(=O)NC2CCCCC2)cc1. The van der Waals surface area contributed by atoms with Crippen molar-refractivity contribution in [1.29, 1.82) is 0 Å². The molecule has 1 fully saturated rings. The number of urea groups is 1. The number of carbonyl (C=O) groups excluding carboxylic acids is 3. The maximum Gasteiger partial charge on any atom is 0.338 e. The van der Waals surface area contributed by atoms with Crippen LogP contribution in [0.15, 0.2) is 24.3 Å². The van der Waals surface area contributed by atoms with E-state index in [0.717, 1.165) is 25.7 Å². The lowest BCUT2D eigenvalue weighted by Crippen LogP contribution is -2.46. The van der Waals surface area contributed by atoms with Crippen molar-refractivity contribution in [3.05, 3.63) is 29.8 Å². The van der Waals surface area contributed by atoms with Crippen molar-refractivity contribution in [2.45, 2.75) is 58.1 Å². The van der Waals surface area contributed by atoms with Crippen LogP contribution in [0.25, 0.3) is 0 Å². The Balaban J connectivity index is 1.72. The molecule has 0 radical (unpaired) electrons. The second kappa shape index (κ2) is 9.79. The van der Waals surface area contributed by atoms with Crippen LogP contribution in [0, 0.1) is 0 Å². The van der Waals surface area contributed by atoms with E-state index in [-0.39, 0.29) is 12.1 Å². The first-order valence-corrected chi connectivity index (χ1v) is 8.98. The smallest absolute Gasteiger partial charge is 0.338 e. The molecule has 0 aromatic heterocycles. The van der Waals surface area contributed by atoms with E-state index in [1.54, 1.807) is 24.3 Å². The fourth-order valence-electron chi connectivity index (χ4n) is 2.79. The van der Waals surface area contributed by atoms with Gasteiger partial charge in [-0.2, -0.15) is 0 Å². The van der Waals surface area contributed by atoms with Gasteiger partial charge < -0.3 is 14.8 Å². The van der Waals surface area contributed by atoms with Gasteiger partial charge in [-0.25, -0.2) is 9.59 Å². The number of amides is 3. The Kier molecular flexibility index (Phi) is 7.44. The first kappa shape index (κ1) is 19.8. The Hall–Kier alpha value is -2.57. The molecule has 1 saturated carbocycles. The molecule has 0 saturated heterocycles. The zero-order valence-electron chi connectivity index (χ0n) is 15.2. The summed E-state index contributed by atoms with van der Waals surface area (Å²) >= 11 is 0. The van der Waals surface area contributed by atoms with Gasteiger partial charge in [-0.05, 0) is 51.0 Å². The van der Waals surface area contributed by atoms with Crippen LogP contribution in [0.4, 0.5) is 4.79 Å². The molecule has 2 rings (SSSR count). The number of hydrogen-bond donors (Lipinski definition) is 2. The van der Waals surface area contributed by atoms with Crippen molar-refractivity contribution in [1.82, 2.24) is 10.6 Å². The van der Waals surface area contributed by atoms with Gasteiger partial charge in [-0.15, -0.1) is 0 Å². The monoisotopic (exact) mass is 362 g/mol. The van der Waals surface area contributed by atoms with Gasteiger partial charge in [0.05, 0.1) is 11.7 Å². The van der Waals surface area contributed by atoms with Crippen molar-refractivity contribution in [3.8, 4) is 5.75 Å². The second-order valence-electron chi connectivity index (χ2n) is 6.62. The maximum absolute atomic E-state index is 11.9. The minimum Gasteiger partial charge on any atom is -0.491 e. The standard InChI is InChI=1S/C19H26N2O5/c1-13(2)26-16-10-8-14(9-11-16)18(23)25-12-17(22)21-19(24)20-15-6-4-3-5-7-15/h8-11,13,15H,3-7,12H2,1-2H3,(H2,20,21,22,24). The molecule has 0 aliphatic heterocycles. The molecule has 0 bridgehead atoms. The molecule has 2 N–H and O–H groups in total. The highest BCUT2D eigenvalue weighted by atomic mass is 16.5. The molecule has 0 atom stereocenters. The van der Waals surface area contributed by atoms with Gasteiger partial charge in [0.2, 0.25) is 0 Å². The van der Waals surface area contributed by atoms with Gasteiger partial charge in [0, 0.05) is 6.04 Å². The first-order chi connectivity index (χ1) is 12.4. The van der Waals surface area contributed by atoms with Crippen LogP contribution in [0.5, 0.6) is 5.75 Å². The lowest BCUT2D eigenvalue weighted by Gasteiger charge is -2.22. The summed E-state index contributed by atoms with van der Waals surface area (Å²) in [5, 5.41) is 4.94. The lowest BCUT2D eigenvalue weighted by molar-refractivity contribution is -0.123. The number of hydrogen-bond acceptors (Lipinski definition) is 5. The van der Waals surface area contributed by atoms with Crippen LogP contribution in [0.3, 0.4) is 0 Å². The lowest BCUT2D eigenvalue weighted by atomic mass is 9.96. The molecule has 1 aliphatic rings. The van der Waals surface area contributed by atoms with Gasteiger partial charge in [0.15, 0.2) is 6.61 Å². The Morgan fingerprint density at radius 1 is 1.08 bits per heavy atom. The van der Waals surface area contributed by atoms with Crippen LogP contribution >= 0.6 is 0 Å². The highest BCUT2D eigenvalue weighted by molar-refractivity contribution is 5.97. The second-order valence-corrected chi connectivity index (χ2v) is 6.62. The third-order valence-electron chi connectivity index (χ3n) is 3.99. The van der Waals surface area contributed by atoms with Crippen LogP contribution in [0.2, 0.25) is 0 Å². The molecule has 7 nitrogen and oxygen atoms in total. The van der Waals surface area contributed by atoms with E-state index in [2.05, 4.69) is 10.6 Å². The maximum atomic E-state index is 11.9. The van der Waals surface area contributed by atoms with Crippen LogP contribution < -0.4 is 15.4 Å². The number of benzene rings is 1. The molecule has 0 heterocycles. The fraction of sp³-hybridized carbons (Fsp3) is 0.526. The normalized spacial score (nSPS) is 14.6. The van der Waals surface area contributed by atoms with Crippen molar-refractivity contribution in [3.63, 3.8) is 0 Å². The van der Waals surface area contributed by atoms with Gasteiger partial charge in [0.25, 0.3) is 5.91 Å². The third kappa shape index (κ3) is 6.74. The molecule has 26 heavy (non-hydrogen) atoms. The number of ether oxygens (including phenoxy) is 2. The van der Waals surface area contributed by atoms with Crippen LogP contribution in [-0.4, -0.2) is 36.7 Å². The summed E-state index contributed by atoms with van der Waals surface area (Å²) in [5.74, 6) is -0.649. The minimum absolute atomic E-state index is 0.0382. The number of rotatable bonds is 6. The molecule has 7 heteroatoms. The molecule has 1 aromatic carbocycles. The number of nitrogens with one attached hydrogen (secondary N) is 2. The Morgan fingerprint density at radius 3 is 2.35 bits per heavy atom. The van der Waals surface area contributed by atoms with Gasteiger partial charge in [-0.3, -0.25) is 10.1 Å². The highest BCUT2D eigenvalue weighted by Crippen LogP contribution is 2.17. The van der Waals surface area contributed by atoms with E-state index < -0.39 is 24.5 Å². The van der Waals surface area contributed by atoms with Crippen molar-refractivity contribution >= 4 is 17.9 Å². The molecule has 142 valence electrons. The average molecular weight is 362 g/mol. The van der Waals surface area contributed by atoms with Crippen LogP contribution in [-0.2, 0) is 9.53 Å². The van der Waals surface area contributed by atoms with E-state index >= 15 is 0 Å². The zero-order valence-corrected chi connectivity index (χ0v) is 15.2. The van der Waals surface area contributed by atoms with E-state index in [9.17, 15) is 14.4 Å². The predicted molar refractivity (Wildman–Crippen MR) is 96.0 cm³/mol. The Morgan fingerprint density at radius 2 is 1.73 bits per heavy atom. The third-order valence-corrected chi connectivity index (χ3v) is 3.99. The molecular weight excluding hydrogens is 336 g/mol. The first-order valence-electron chi connectivity index (χ1n) is 8.98. The average Bonchev–Trinajstić information content (AvgIpc) is 2.60. The van der Waals surface area contributed by atoms with Crippen molar-refractivity contribution < 1.29 is 23.9 Å². The Bertz CT molecular complexity index is 621. The fourth-order valence-corrected chi connectivity index (χ4v) is 2.79. The highest BCUT2D eigenvalue weighted by Gasteiger charge is 2.17. The number of imide groups is 1. The summed E-state index contributed by atoms with van der Waals surface area (Å²) in [5.41, 5.74) is 0.306. The molecule has 1 aliphatic carbocycles. The molecule has 3 amide bonds.